The number of rotatable bonds is 10. The third-order valence-corrected chi connectivity index (χ3v) is 4.34. The Labute approximate surface area is 167 Å². The molecule has 142 valence electrons. The highest BCUT2D eigenvalue weighted by Crippen LogP contribution is 2.20. The van der Waals surface area contributed by atoms with Gasteiger partial charge >= 0.3 is 0 Å². The van der Waals surface area contributed by atoms with Gasteiger partial charge in [0, 0.05) is 5.56 Å². The number of hydrogen-bond acceptors (Lipinski definition) is 2. The van der Waals surface area contributed by atoms with Gasteiger partial charge in [0.25, 0.3) is 0 Å². The molecule has 0 saturated carbocycles. The lowest BCUT2D eigenvalue weighted by Crippen LogP contribution is -1.95. The predicted octanol–water partition coefficient (Wildman–Crippen LogP) is 6.48. The quantitative estimate of drug-likeness (QED) is 0.380. The second kappa shape index (κ2) is 10.8. The van der Waals surface area contributed by atoms with E-state index in [1.807, 2.05) is 48.5 Å². The molecule has 3 rings (SSSR count). The van der Waals surface area contributed by atoms with Gasteiger partial charge in [-0.1, -0.05) is 85.5 Å². The monoisotopic (exact) mass is 370 g/mol. The van der Waals surface area contributed by atoms with Gasteiger partial charge in [-0.15, -0.1) is 0 Å². The Morgan fingerprint density at radius 3 is 2.29 bits per heavy atom. The van der Waals surface area contributed by atoms with Crippen molar-refractivity contribution in [2.45, 2.75) is 19.4 Å². The van der Waals surface area contributed by atoms with Crippen LogP contribution in [0, 0.1) is 0 Å². The van der Waals surface area contributed by atoms with E-state index in [2.05, 4.69) is 49.1 Å². The molecule has 0 fully saturated rings. The van der Waals surface area contributed by atoms with Crippen molar-refractivity contribution in [3.8, 4) is 11.5 Å². The van der Waals surface area contributed by atoms with Gasteiger partial charge < -0.3 is 9.47 Å². The van der Waals surface area contributed by atoms with Crippen LogP contribution in [0.15, 0.2) is 97.6 Å². The first kappa shape index (κ1) is 19.5. The van der Waals surface area contributed by atoms with Crippen LogP contribution in [-0.4, -0.2) is 6.61 Å². The van der Waals surface area contributed by atoms with Gasteiger partial charge in [0.1, 0.15) is 24.7 Å². The SMILES string of the molecule is C=CCOc1ccccc1C=CCCc1ccc(OCc2ccccc2)cc1. The van der Waals surface area contributed by atoms with Crippen LogP contribution in [0.5, 0.6) is 11.5 Å². The molecule has 0 heterocycles. The standard InChI is InChI=1S/C26H26O2/c1-2-20-27-26-15-9-8-14-24(26)13-7-6-10-22-16-18-25(19-17-22)28-21-23-11-4-3-5-12-23/h2-5,7-9,11-19H,1,6,10,20-21H2. The maximum Gasteiger partial charge on any atom is 0.126 e. The highest BCUT2D eigenvalue weighted by Gasteiger charge is 1.99. The fraction of sp³-hybridized carbons (Fsp3) is 0.154. The summed E-state index contributed by atoms with van der Waals surface area (Å²) in [5.74, 6) is 1.79. The van der Waals surface area contributed by atoms with Gasteiger partial charge in [0.2, 0.25) is 0 Å². The number of benzene rings is 3. The molecule has 28 heavy (non-hydrogen) atoms. The summed E-state index contributed by atoms with van der Waals surface area (Å²) in [7, 11) is 0. The Morgan fingerprint density at radius 1 is 0.750 bits per heavy atom. The molecule has 0 aliphatic carbocycles. The summed E-state index contributed by atoms with van der Waals surface area (Å²) in [6.07, 6.45) is 8.03. The second-order valence-corrected chi connectivity index (χ2v) is 6.50. The molecule has 0 N–H and O–H groups in total. The van der Waals surface area contributed by atoms with Crippen molar-refractivity contribution in [3.05, 3.63) is 114 Å². The van der Waals surface area contributed by atoms with E-state index in [9.17, 15) is 0 Å². The van der Waals surface area contributed by atoms with E-state index in [1.54, 1.807) is 6.08 Å². The van der Waals surface area contributed by atoms with E-state index in [0.29, 0.717) is 13.2 Å². The van der Waals surface area contributed by atoms with Gasteiger partial charge in [0.15, 0.2) is 0 Å². The molecule has 0 bridgehead atoms. The zero-order valence-corrected chi connectivity index (χ0v) is 16.1. The van der Waals surface area contributed by atoms with E-state index in [0.717, 1.165) is 29.9 Å². The molecule has 0 unspecified atom stereocenters. The maximum atomic E-state index is 5.84. The first-order valence-corrected chi connectivity index (χ1v) is 9.60. The van der Waals surface area contributed by atoms with Crippen LogP contribution in [-0.2, 0) is 13.0 Å². The largest absolute Gasteiger partial charge is 0.489 e. The van der Waals surface area contributed by atoms with Crippen molar-refractivity contribution >= 4 is 6.08 Å². The average Bonchev–Trinajstić information content (AvgIpc) is 2.76. The van der Waals surface area contributed by atoms with E-state index in [-0.39, 0.29) is 0 Å². The van der Waals surface area contributed by atoms with Gasteiger partial charge in [-0.2, -0.15) is 0 Å². The van der Waals surface area contributed by atoms with Crippen molar-refractivity contribution in [2.24, 2.45) is 0 Å². The normalized spacial score (nSPS) is 10.7. The van der Waals surface area contributed by atoms with Crippen LogP contribution < -0.4 is 9.47 Å². The third-order valence-electron chi connectivity index (χ3n) is 4.34. The second-order valence-electron chi connectivity index (χ2n) is 6.50. The Balaban J connectivity index is 1.47. The van der Waals surface area contributed by atoms with Crippen molar-refractivity contribution in [1.29, 1.82) is 0 Å². The number of allylic oxidation sites excluding steroid dienone is 1. The summed E-state index contributed by atoms with van der Waals surface area (Å²) in [4.78, 5) is 0. The fourth-order valence-electron chi connectivity index (χ4n) is 2.85. The Kier molecular flexibility index (Phi) is 7.51. The fourth-order valence-corrected chi connectivity index (χ4v) is 2.85. The Hall–Kier alpha value is -3.26. The van der Waals surface area contributed by atoms with Gasteiger partial charge in [0.05, 0.1) is 0 Å². The maximum absolute atomic E-state index is 5.84. The molecule has 0 spiro atoms. The first-order valence-electron chi connectivity index (χ1n) is 9.60. The Bertz CT molecular complexity index is 880. The zero-order valence-electron chi connectivity index (χ0n) is 16.1. The van der Waals surface area contributed by atoms with Crippen LogP contribution in [0.4, 0.5) is 0 Å². The van der Waals surface area contributed by atoms with Crippen LogP contribution in [0.3, 0.4) is 0 Å². The topological polar surface area (TPSA) is 18.5 Å². The van der Waals surface area contributed by atoms with E-state index in [1.165, 1.54) is 11.1 Å². The summed E-state index contributed by atoms with van der Waals surface area (Å²) in [6, 6.07) is 26.6. The Morgan fingerprint density at radius 2 is 1.50 bits per heavy atom. The summed E-state index contributed by atoms with van der Waals surface area (Å²) in [6.45, 7) is 4.81. The number of para-hydroxylation sites is 1. The van der Waals surface area contributed by atoms with E-state index in [4.69, 9.17) is 9.47 Å². The third kappa shape index (κ3) is 6.17. The molecular weight excluding hydrogens is 344 g/mol. The summed E-state index contributed by atoms with van der Waals surface area (Å²) in [5, 5.41) is 0. The summed E-state index contributed by atoms with van der Waals surface area (Å²) >= 11 is 0. The molecule has 2 heteroatoms. The number of aryl methyl sites for hydroxylation is 1. The minimum Gasteiger partial charge on any atom is -0.489 e. The summed E-state index contributed by atoms with van der Waals surface area (Å²) < 4.78 is 11.5. The lowest BCUT2D eigenvalue weighted by atomic mass is 10.1. The van der Waals surface area contributed by atoms with Crippen molar-refractivity contribution in [2.75, 3.05) is 6.61 Å². The number of hydrogen-bond donors (Lipinski definition) is 0. The van der Waals surface area contributed by atoms with Crippen molar-refractivity contribution in [1.82, 2.24) is 0 Å². The minimum atomic E-state index is 0.517. The predicted molar refractivity (Wildman–Crippen MR) is 117 cm³/mol. The van der Waals surface area contributed by atoms with Gasteiger partial charge in [-0.3, -0.25) is 0 Å². The van der Waals surface area contributed by atoms with Crippen LogP contribution in [0.2, 0.25) is 0 Å². The van der Waals surface area contributed by atoms with Crippen LogP contribution in [0.25, 0.3) is 6.08 Å². The first-order chi connectivity index (χ1) is 13.8. The lowest BCUT2D eigenvalue weighted by molar-refractivity contribution is 0.306. The summed E-state index contributed by atoms with van der Waals surface area (Å²) in [5.41, 5.74) is 3.57. The van der Waals surface area contributed by atoms with Crippen LogP contribution >= 0.6 is 0 Å². The molecule has 0 aliphatic heterocycles. The molecular formula is C26H26O2. The smallest absolute Gasteiger partial charge is 0.126 e. The highest BCUT2D eigenvalue weighted by molar-refractivity contribution is 5.57. The van der Waals surface area contributed by atoms with Gasteiger partial charge in [-0.25, -0.2) is 0 Å². The average molecular weight is 370 g/mol. The molecule has 0 aromatic heterocycles. The van der Waals surface area contributed by atoms with E-state index < -0.39 is 0 Å². The zero-order chi connectivity index (χ0) is 19.4. The minimum absolute atomic E-state index is 0.517. The van der Waals surface area contributed by atoms with Gasteiger partial charge in [-0.05, 0) is 42.2 Å². The van der Waals surface area contributed by atoms with E-state index >= 15 is 0 Å². The molecule has 0 radical (unpaired) electrons. The van der Waals surface area contributed by atoms with Crippen LogP contribution in [0.1, 0.15) is 23.1 Å². The molecule has 2 nitrogen and oxygen atoms in total. The molecule has 0 saturated heterocycles. The molecule has 0 amide bonds. The molecule has 0 aliphatic rings. The molecule has 3 aromatic rings. The number of ether oxygens (including phenoxy) is 2. The van der Waals surface area contributed by atoms with Crippen molar-refractivity contribution < 1.29 is 9.47 Å². The van der Waals surface area contributed by atoms with Crippen molar-refractivity contribution in [3.63, 3.8) is 0 Å². The molecule has 0 atom stereocenters. The lowest BCUT2D eigenvalue weighted by Gasteiger charge is -2.07. The highest BCUT2D eigenvalue weighted by atomic mass is 16.5. The molecule has 3 aromatic carbocycles.